The van der Waals surface area contributed by atoms with Crippen LogP contribution in [0.2, 0.25) is 0 Å². The lowest BCUT2D eigenvalue weighted by Crippen LogP contribution is -2.48. The van der Waals surface area contributed by atoms with Gasteiger partial charge in [0.05, 0.1) is 18.0 Å². The van der Waals surface area contributed by atoms with Crippen molar-refractivity contribution in [2.45, 2.75) is 51.3 Å². The molecule has 2 heterocycles. The highest BCUT2D eigenvalue weighted by Crippen LogP contribution is 2.28. The molecule has 1 aliphatic heterocycles. The minimum atomic E-state index is -3.40. The Morgan fingerprint density at radius 2 is 2.00 bits per heavy atom. The van der Waals surface area contributed by atoms with Crippen molar-refractivity contribution in [1.29, 1.82) is 0 Å². The third kappa shape index (κ3) is 6.01. The monoisotopic (exact) mass is 437 g/mol. The SMILES string of the molecule is CC(C)(C)OC(=O)N1CC[C@H](NS(C)(=O)=O)[C@@H]1Cc1csc(-c2ccccc2)n1. The Kier molecular flexibility index (Phi) is 6.30. The fourth-order valence-electron chi connectivity index (χ4n) is 3.39. The molecule has 0 saturated carbocycles. The number of hydrogen-bond acceptors (Lipinski definition) is 6. The predicted octanol–water partition coefficient (Wildman–Crippen LogP) is 3.28. The third-order valence-corrected chi connectivity index (χ3v) is 6.20. The number of hydrogen-bond donors (Lipinski definition) is 1. The molecule has 7 nitrogen and oxygen atoms in total. The summed E-state index contributed by atoms with van der Waals surface area (Å²) in [6.07, 6.45) is 1.69. The maximum atomic E-state index is 12.7. The van der Waals surface area contributed by atoms with E-state index in [-0.39, 0.29) is 12.1 Å². The molecular weight excluding hydrogens is 410 g/mol. The van der Waals surface area contributed by atoms with Crippen LogP contribution < -0.4 is 4.72 Å². The van der Waals surface area contributed by atoms with Crippen molar-refractivity contribution in [2.24, 2.45) is 0 Å². The van der Waals surface area contributed by atoms with Crippen LogP contribution in [0.25, 0.3) is 10.6 Å². The first-order valence-electron chi connectivity index (χ1n) is 9.48. The summed E-state index contributed by atoms with van der Waals surface area (Å²) in [7, 11) is -3.40. The number of amides is 1. The molecule has 2 atom stereocenters. The number of carbonyl (C=O) groups is 1. The fourth-order valence-corrected chi connectivity index (χ4v) is 5.06. The average Bonchev–Trinajstić information content (AvgIpc) is 3.21. The molecule has 158 valence electrons. The Bertz CT molecular complexity index is 952. The maximum absolute atomic E-state index is 12.7. The summed E-state index contributed by atoms with van der Waals surface area (Å²) < 4.78 is 31.8. The fraction of sp³-hybridized carbons (Fsp3) is 0.500. The summed E-state index contributed by atoms with van der Waals surface area (Å²) >= 11 is 1.54. The van der Waals surface area contributed by atoms with Crippen molar-refractivity contribution in [2.75, 3.05) is 12.8 Å². The number of thiazole rings is 1. The number of likely N-dealkylation sites (tertiary alicyclic amines) is 1. The van der Waals surface area contributed by atoms with Crippen molar-refractivity contribution in [3.63, 3.8) is 0 Å². The predicted molar refractivity (Wildman–Crippen MR) is 114 cm³/mol. The Morgan fingerprint density at radius 1 is 1.31 bits per heavy atom. The maximum Gasteiger partial charge on any atom is 0.410 e. The van der Waals surface area contributed by atoms with Gasteiger partial charge in [0.1, 0.15) is 10.6 Å². The molecule has 1 N–H and O–H groups in total. The lowest BCUT2D eigenvalue weighted by molar-refractivity contribution is 0.0218. The second kappa shape index (κ2) is 8.41. The van der Waals surface area contributed by atoms with Gasteiger partial charge in [0.2, 0.25) is 10.0 Å². The van der Waals surface area contributed by atoms with Crippen LogP contribution >= 0.6 is 11.3 Å². The summed E-state index contributed by atoms with van der Waals surface area (Å²) in [5.74, 6) is 0. The summed E-state index contributed by atoms with van der Waals surface area (Å²) in [5.41, 5.74) is 1.24. The topological polar surface area (TPSA) is 88.6 Å². The number of carbonyl (C=O) groups excluding carboxylic acids is 1. The van der Waals surface area contributed by atoms with Crippen molar-refractivity contribution < 1.29 is 17.9 Å². The number of aromatic nitrogens is 1. The van der Waals surface area contributed by atoms with Gasteiger partial charge in [-0.1, -0.05) is 30.3 Å². The number of rotatable bonds is 5. The Morgan fingerprint density at radius 3 is 2.62 bits per heavy atom. The van der Waals surface area contributed by atoms with Gasteiger partial charge in [0.15, 0.2) is 0 Å². The molecule has 3 rings (SSSR count). The molecular formula is C20H27N3O4S2. The van der Waals surface area contributed by atoms with Gasteiger partial charge in [0.25, 0.3) is 0 Å². The molecule has 0 aliphatic carbocycles. The summed E-state index contributed by atoms with van der Waals surface area (Å²) in [5, 5.41) is 2.86. The van der Waals surface area contributed by atoms with Crippen LogP contribution in [0.15, 0.2) is 35.7 Å². The highest BCUT2D eigenvalue weighted by atomic mass is 32.2. The van der Waals surface area contributed by atoms with Crippen LogP contribution in [0.4, 0.5) is 4.79 Å². The van der Waals surface area contributed by atoms with E-state index in [0.717, 1.165) is 22.5 Å². The summed E-state index contributed by atoms with van der Waals surface area (Å²) in [6, 6.07) is 9.15. The lowest BCUT2D eigenvalue weighted by Gasteiger charge is -2.30. The highest BCUT2D eigenvalue weighted by molar-refractivity contribution is 7.88. The minimum absolute atomic E-state index is 0.356. The molecule has 1 amide bonds. The number of nitrogens with zero attached hydrogens (tertiary/aromatic N) is 2. The van der Waals surface area contributed by atoms with E-state index in [2.05, 4.69) is 4.72 Å². The molecule has 0 bridgehead atoms. The highest BCUT2D eigenvalue weighted by Gasteiger charge is 2.40. The van der Waals surface area contributed by atoms with E-state index < -0.39 is 21.7 Å². The lowest BCUT2D eigenvalue weighted by atomic mass is 10.1. The van der Waals surface area contributed by atoms with E-state index in [1.165, 1.54) is 11.3 Å². The van der Waals surface area contributed by atoms with E-state index >= 15 is 0 Å². The molecule has 1 aromatic heterocycles. The molecule has 1 fully saturated rings. The van der Waals surface area contributed by atoms with Gasteiger partial charge >= 0.3 is 6.09 Å². The van der Waals surface area contributed by atoms with Crippen molar-refractivity contribution in [3.05, 3.63) is 41.4 Å². The first-order valence-corrected chi connectivity index (χ1v) is 12.3. The summed E-state index contributed by atoms with van der Waals surface area (Å²) in [6.45, 7) is 5.88. The zero-order chi connectivity index (χ0) is 21.2. The van der Waals surface area contributed by atoms with Gasteiger partial charge in [0, 0.05) is 30.0 Å². The molecule has 29 heavy (non-hydrogen) atoms. The van der Waals surface area contributed by atoms with Crippen molar-refractivity contribution in [3.8, 4) is 10.6 Å². The first kappa shape index (κ1) is 21.7. The smallest absolute Gasteiger partial charge is 0.410 e. The molecule has 0 spiro atoms. The Labute approximate surface area is 176 Å². The third-order valence-electron chi connectivity index (χ3n) is 4.53. The van der Waals surface area contributed by atoms with E-state index in [1.807, 2.05) is 56.5 Å². The van der Waals surface area contributed by atoms with Gasteiger partial charge in [-0.3, -0.25) is 0 Å². The van der Waals surface area contributed by atoms with E-state index in [9.17, 15) is 13.2 Å². The average molecular weight is 438 g/mol. The Balaban J connectivity index is 1.82. The molecule has 0 radical (unpaired) electrons. The molecule has 1 aromatic carbocycles. The van der Waals surface area contributed by atoms with Gasteiger partial charge in [-0.2, -0.15) is 0 Å². The number of benzene rings is 1. The molecule has 2 aromatic rings. The minimum Gasteiger partial charge on any atom is -0.444 e. The van der Waals surface area contributed by atoms with E-state index in [4.69, 9.17) is 9.72 Å². The Hall–Kier alpha value is -1.97. The van der Waals surface area contributed by atoms with Crippen molar-refractivity contribution >= 4 is 27.5 Å². The standard InChI is InChI=1S/C20H27N3O4S2/c1-20(2,3)27-19(24)23-11-10-16(22-29(4,25)26)17(23)12-15-13-28-18(21-15)14-8-6-5-7-9-14/h5-9,13,16-17,22H,10-12H2,1-4H3/t16-,17-/m0/s1. The first-order chi connectivity index (χ1) is 13.5. The zero-order valence-electron chi connectivity index (χ0n) is 17.1. The van der Waals surface area contributed by atoms with Crippen LogP contribution in [0, 0.1) is 0 Å². The van der Waals surface area contributed by atoms with Gasteiger partial charge < -0.3 is 9.64 Å². The molecule has 9 heteroatoms. The van der Waals surface area contributed by atoms with Crippen LogP contribution in [0.5, 0.6) is 0 Å². The second-order valence-electron chi connectivity index (χ2n) is 8.24. The van der Waals surface area contributed by atoms with Gasteiger partial charge in [-0.15, -0.1) is 11.3 Å². The quantitative estimate of drug-likeness (QED) is 0.775. The number of ether oxygens (including phenoxy) is 1. The number of nitrogens with one attached hydrogen (secondary N) is 1. The largest absolute Gasteiger partial charge is 0.444 e. The van der Waals surface area contributed by atoms with Gasteiger partial charge in [-0.05, 0) is 27.2 Å². The molecule has 0 unspecified atom stereocenters. The summed E-state index contributed by atoms with van der Waals surface area (Å²) in [4.78, 5) is 19.0. The number of sulfonamides is 1. The van der Waals surface area contributed by atoms with Crippen LogP contribution in [-0.2, 0) is 21.2 Å². The van der Waals surface area contributed by atoms with Crippen LogP contribution in [-0.4, -0.2) is 54.9 Å². The molecule has 1 saturated heterocycles. The van der Waals surface area contributed by atoms with Crippen LogP contribution in [0.3, 0.4) is 0 Å². The molecule has 1 aliphatic rings. The van der Waals surface area contributed by atoms with E-state index in [1.54, 1.807) is 4.90 Å². The zero-order valence-corrected chi connectivity index (χ0v) is 18.7. The van der Waals surface area contributed by atoms with Crippen molar-refractivity contribution in [1.82, 2.24) is 14.6 Å². The second-order valence-corrected chi connectivity index (χ2v) is 10.9. The van der Waals surface area contributed by atoms with Crippen LogP contribution in [0.1, 0.15) is 32.9 Å². The van der Waals surface area contributed by atoms with Gasteiger partial charge in [-0.25, -0.2) is 22.9 Å². The normalized spacial score (nSPS) is 20.1. The van der Waals surface area contributed by atoms with E-state index in [0.29, 0.717) is 19.4 Å².